The molecule has 5 nitrogen and oxygen atoms in total. The molecule has 1 aliphatic rings. The van der Waals surface area contributed by atoms with Crippen LogP contribution in [0.5, 0.6) is 0 Å². The minimum absolute atomic E-state index is 0.127. The molecule has 1 aliphatic heterocycles. The van der Waals surface area contributed by atoms with E-state index in [9.17, 15) is 9.59 Å². The van der Waals surface area contributed by atoms with Crippen molar-refractivity contribution in [2.24, 2.45) is 0 Å². The van der Waals surface area contributed by atoms with E-state index in [1.165, 1.54) is 15.9 Å². The number of amides is 1. The number of allylic oxidation sites excluding steroid dienone is 1. The second-order valence-corrected chi connectivity index (χ2v) is 6.31. The summed E-state index contributed by atoms with van der Waals surface area (Å²) in [7, 11) is 0. The molecule has 0 spiro atoms. The van der Waals surface area contributed by atoms with Crippen molar-refractivity contribution in [1.82, 2.24) is 14.9 Å². The Hall–Kier alpha value is -1.95. The molecule has 0 aliphatic carbocycles. The van der Waals surface area contributed by atoms with Crippen LogP contribution in [-0.4, -0.2) is 15.5 Å². The molecule has 6 heteroatoms. The molecule has 1 fully saturated rings. The summed E-state index contributed by atoms with van der Waals surface area (Å²) in [6, 6.07) is 1.41. The quantitative estimate of drug-likeness (QED) is 0.873. The maximum Gasteiger partial charge on any atom is 0.272 e. The summed E-state index contributed by atoms with van der Waals surface area (Å²) in [6.45, 7) is 7.47. The van der Waals surface area contributed by atoms with Gasteiger partial charge in [0, 0.05) is 10.6 Å². The summed E-state index contributed by atoms with van der Waals surface area (Å²) in [5.74, 6) is 0.397. The van der Waals surface area contributed by atoms with Gasteiger partial charge in [-0.15, -0.1) is 11.3 Å². The minimum atomic E-state index is -0.493. The highest BCUT2D eigenvalue weighted by molar-refractivity contribution is 7.18. The monoisotopic (exact) mass is 289 g/mol. The third kappa shape index (κ3) is 1.96. The maximum absolute atomic E-state index is 12.6. The third-order valence-electron chi connectivity index (χ3n) is 3.51. The van der Waals surface area contributed by atoms with E-state index in [2.05, 4.69) is 16.9 Å². The SMILES string of the molecule is C=C1CCC(n2c(C)nc3cc(C)sc3c2=O)C(=O)N1. The zero-order valence-corrected chi connectivity index (χ0v) is 12.2. The lowest BCUT2D eigenvalue weighted by atomic mass is 10.0. The average Bonchev–Trinajstić information content (AvgIpc) is 2.72. The van der Waals surface area contributed by atoms with Crippen LogP contribution in [0, 0.1) is 13.8 Å². The first kappa shape index (κ1) is 13.1. The Balaban J connectivity index is 2.18. The number of nitrogens with one attached hydrogen (secondary N) is 1. The van der Waals surface area contributed by atoms with Crippen molar-refractivity contribution in [3.63, 3.8) is 0 Å². The van der Waals surface area contributed by atoms with Crippen LogP contribution in [0.1, 0.15) is 29.6 Å². The molecule has 1 atom stereocenters. The Labute approximate surface area is 119 Å². The van der Waals surface area contributed by atoms with E-state index < -0.39 is 6.04 Å². The molecule has 0 saturated carbocycles. The Morgan fingerprint density at radius 1 is 1.45 bits per heavy atom. The van der Waals surface area contributed by atoms with Crippen LogP contribution >= 0.6 is 11.3 Å². The van der Waals surface area contributed by atoms with Gasteiger partial charge in [-0.25, -0.2) is 4.98 Å². The van der Waals surface area contributed by atoms with Crippen LogP contribution < -0.4 is 10.9 Å². The van der Waals surface area contributed by atoms with Gasteiger partial charge in [-0.05, 0) is 32.8 Å². The Morgan fingerprint density at radius 2 is 2.20 bits per heavy atom. The summed E-state index contributed by atoms with van der Waals surface area (Å²) in [5, 5.41) is 2.72. The van der Waals surface area contributed by atoms with Gasteiger partial charge in [0.05, 0.1) is 5.52 Å². The van der Waals surface area contributed by atoms with E-state index in [0.29, 0.717) is 34.6 Å². The normalized spacial score (nSPS) is 19.4. The van der Waals surface area contributed by atoms with Crippen LogP contribution in [0.4, 0.5) is 0 Å². The van der Waals surface area contributed by atoms with Gasteiger partial charge in [0.2, 0.25) is 5.91 Å². The number of nitrogens with zero attached hydrogens (tertiary/aromatic N) is 2. The molecule has 20 heavy (non-hydrogen) atoms. The van der Waals surface area contributed by atoms with Gasteiger partial charge < -0.3 is 5.32 Å². The van der Waals surface area contributed by atoms with Gasteiger partial charge in [0.1, 0.15) is 16.6 Å². The van der Waals surface area contributed by atoms with Crippen LogP contribution in [0.25, 0.3) is 10.2 Å². The molecule has 3 rings (SSSR count). The molecule has 0 aromatic carbocycles. The lowest BCUT2D eigenvalue weighted by molar-refractivity contribution is -0.124. The maximum atomic E-state index is 12.6. The highest BCUT2D eigenvalue weighted by atomic mass is 32.1. The summed E-state index contributed by atoms with van der Waals surface area (Å²) < 4.78 is 2.13. The highest BCUT2D eigenvalue weighted by Gasteiger charge is 2.28. The second kappa shape index (κ2) is 4.56. The summed E-state index contributed by atoms with van der Waals surface area (Å²) >= 11 is 1.42. The molecule has 104 valence electrons. The second-order valence-electron chi connectivity index (χ2n) is 5.05. The third-order valence-corrected chi connectivity index (χ3v) is 4.54. The number of piperidine rings is 1. The molecule has 0 radical (unpaired) electrons. The lowest BCUT2D eigenvalue weighted by Gasteiger charge is -2.26. The first-order valence-corrected chi connectivity index (χ1v) is 7.27. The van der Waals surface area contributed by atoms with Crippen LogP contribution in [0.15, 0.2) is 23.1 Å². The lowest BCUT2D eigenvalue weighted by Crippen LogP contribution is -2.41. The molecule has 1 saturated heterocycles. The predicted octanol–water partition coefficient (Wildman–Crippen LogP) is 2.04. The van der Waals surface area contributed by atoms with E-state index >= 15 is 0 Å². The Kier molecular flexibility index (Phi) is 2.97. The van der Waals surface area contributed by atoms with Crippen molar-refractivity contribution in [3.05, 3.63) is 39.4 Å². The van der Waals surface area contributed by atoms with Crippen molar-refractivity contribution in [2.45, 2.75) is 32.7 Å². The number of thiophene rings is 1. The molecule has 1 unspecified atom stereocenters. The minimum Gasteiger partial charge on any atom is -0.329 e. The van der Waals surface area contributed by atoms with Crippen LogP contribution in [0.3, 0.4) is 0 Å². The smallest absolute Gasteiger partial charge is 0.272 e. The van der Waals surface area contributed by atoms with Gasteiger partial charge in [-0.2, -0.15) is 0 Å². The Morgan fingerprint density at radius 3 is 2.90 bits per heavy atom. The van der Waals surface area contributed by atoms with Crippen LogP contribution in [-0.2, 0) is 4.79 Å². The van der Waals surface area contributed by atoms with Crippen molar-refractivity contribution in [3.8, 4) is 0 Å². The van der Waals surface area contributed by atoms with Gasteiger partial charge in [0.15, 0.2) is 0 Å². The molecule has 1 N–H and O–H groups in total. The van der Waals surface area contributed by atoms with Gasteiger partial charge >= 0.3 is 0 Å². The van der Waals surface area contributed by atoms with E-state index in [1.54, 1.807) is 6.92 Å². The molecule has 2 aromatic rings. The van der Waals surface area contributed by atoms with E-state index in [0.717, 1.165) is 4.88 Å². The molecular weight excluding hydrogens is 274 g/mol. The van der Waals surface area contributed by atoms with Gasteiger partial charge in [0.25, 0.3) is 5.56 Å². The zero-order valence-electron chi connectivity index (χ0n) is 11.4. The molecule has 0 bridgehead atoms. The number of carbonyl (C=O) groups is 1. The van der Waals surface area contributed by atoms with Gasteiger partial charge in [-0.1, -0.05) is 6.58 Å². The number of rotatable bonds is 1. The standard InChI is InChI=1S/C14H15N3O2S/c1-7-4-5-11(13(18)15-7)17-9(3)16-10-6-8(2)20-12(10)14(17)19/h6,11H,1,4-5H2,2-3H3,(H,15,18). The van der Waals surface area contributed by atoms with E-state index in [1.807, 2.05) is 13.0 Å². The molecular formula is C14H15N3O2S. The van der Waals surface area contributed by atoms with Crippen molar-refractivity contribution in [1.29, 1.82) is 0 Å². The summed E-state index contributed by atoms with van der Waals surface area (Å²) in [5.41, 5.74) is 1.29. The summed E-state index contributed by atoms with van der Waals surface area (Å²) in [6.07, 6.45) is 1.27. The first-order valence-electron chi connectivity index (χ1n) is 6.45. The fourth-order valence-corrected chi connectivity index (χ4v) is 3.48. The van der Waals surface area contributed by atoms with E-state index in [-0.39, 0.29) is 11.5 Å². The number of hydrogen-bond acceptors (Lipinski definition) is 4. The number of carbonyl (C=O) groups excluding carboxylic acids is 1. The number of hydrogen-bond donors (Lipinski definition) is 1. The fraction of sp³-hybridized carbons (Fsp3) is 0.357. The van der Waals surface area contributed by atoms with Crippen molar-refractivity contribution >= 4 is 27.5 Å². The molecule has 3 heterocycles. The first-order chi connectivity index (χ1) is 9.47. The Bertz CT molecular complexity index is 788. The topological polar surface area (TPSA) is 64.0 Å². The van der Waals surface area contributed by atoms with Gasteiger partial charge in [-0.3, -0.25) is 14.2 Å². The largest absolute Gasteiger partial charge is 0.329 e. The predicted molar refractivity (Wildman–Crippen MR) is 78.9 cm³/mol. The van der Waals surface area contributed by atoms with Crippen molar-refractivity contribution < 1.29 is 4.79 Å². The number of aryl methyl sites for hydroxylation is 2. The fourth-order valence-electron chi connectivity index (χ4n) is 2.60. The van der Waals surface area contributed by atoms with Crippen LogP contribution in [0.2, 0.25) is 0 Å². The molecule has 2 aromatic heterocycles. The number of fused-ring (bicyclic) bond motifs is 1. The average molecular weight is 289 g/mol. The molecule has 1 amide bonds. The van der Waals surface area contributed by atoms with Crippen molar-refractivity contribution in [2.75, 3.05) is 0 Å². The highest BCUT2D eigenvalue weighted by Crippen LogP contribution is 2.25. The summed E-state index contributed by atoms with van der Waals surface area (Å²) in [4.78, 5) is 30.2. The number of aromatic nitrogens is 2. The van der Waals surface area contributed by atoms with E-state index in [4.69, 9.17) is 0 Å². The zero-order chi connectivity index (χ0) is 14.4.